The number of methoxy groups -OCH3 is 1. The van der Waals surface area contributed by atoms with Gasteiger partial charge in [-0.05, 0) is 41.5 Å². The standard InChI is InChI=1S/C29H29N3O5/c1-32(28(34)20-12-14-22(37-2)15-13-20)26(16-19-8-4-3-5-9-19)27(33)31-25(29(35)36)17-21-18-30-24-11-7-6-10-23(21)24/h3-15,18,25-26,30H,16-17H2,1-2H3,(H,31,33)(H,35,36)/t25-,26-/m0/s1. The number of aromatic amines is 1. The van der Waals surface area contributed by atoms with Crippen LogP contribution in [0.1, 0.15) is 21.5 Å². The van der Waals surface area contributed by atoms with Crippen molar-refractivity contribution in [2.24, 2.45) is 0 Å². The maximum atomic E-state index is 13.5. The predicted molar refractivity (Wildman–Crippen MR) is 141 cm³/mol. The molecule has 0 spiro atoms. The van der Waals surface area contributed by atoms with Gasteiger partial charge < -0.3 is 25.0 Å². The van der Waals surface area contributed by atoms with E-state index in [4.69, 9.17) is 4.74 Å². The van der Waals surface area contributed by atoms with Crippen LogP contribution in [0.2, 0.25) is 0 Å². The summed E-state index contributed by atoms with van der Waals surface area (Å²) in [4.78, 5) is 43.5. The molecule has 0 radical (unpaired) electrons. The number of nitrogens with zero attached hydrogens (tertiary/aromatic N) is 1. The van der Waals surface area contributed by atoms with Crippen LogP contribution in [0.4, 0.5) is 0 Å². The highest BCUT2D eigenvalue weighted by Crippen LogP contribution is 2.20. The largest absolute Gasteiger partial charge is 0.497 e. The third-order valence-electron chi connectivity index (χ3n) is 6.41. The number of likely N-dealkylation sites (N-methyl/N-ethyl adjacent to an activating group) is 1. The maximum Gasteiger partial charge on any atom is 0.326 e. The number of para-hydroxylation sites is 1. The number of hydrogen-bond acceptors (Lipinski definition) is 4. The minimum Gasteiger partial charge on any atom is -0.497 e. The highest BCUT2D eigenvalue weighted by Gasteiger charge is 2.31. The SMILES string of the molecule is COc1ccc(C(=O)N(C)[C@@H](Cc2ccccc2)C(=O)N[C@@H](Cc2c[nH]c3ccccc23)C(=O)O)cc1. The molecule has 0 bridgehead atoms. The maximum absolute atomic E-state index is 13.5. The van der Waals surface area contributed by atoms with Gasteiger partial charge in [0.15, 0.2) is 0 Å². The molecule has 3 N–H and O–H groups in total. The van der Waals surface area contributed by atoms with E-state index in [0.717, 1.165) is 22.0 Å². The van der Waals surface area contributed by atoms with Crippen LogP contribution in [0, 0.1) is 0 Å². The summed E-state index contributed by atoms with van der Waals surface area (Å²) in [5.41, 5.74) is 2.91. The number of carbonyl (C=O) groups is 3. The lowest BCUT2D eigenvalue weighted by Gasteiger charge is -2.29. The van der Waals surface area contributed by atoms with Gasteiger partial charge in [-0.15, -0.1) is 0 Å². The molecule has 0 saturated heterocycles. The number of benzene rings is 3. The summed E-state index contributed by atoms with van der Waals surface area (Å²) in [5.74, 6) is -1.44. The number of carboxylic acids is 1. The lowest BCUT2D eigenvalue weighted by Crippen LogP contribution is -2.53. The lowest BCUT2D eigenvalue weighted by atomic mass is 10.0. The van der Waals surface area contributed by atoms with E-state index in [9.17, 15) is 19.5 Å². The first kappa shape index (κ1) is 25.5. The molecule has 8 nitrogen and oxygen atoms in total. The van der Waals surface area contributed by atoms with Gasteiger partial charge >= 0.3 is 5.97 Å². The smallest absolute Gasteiger partial charge is 0.326 e. The quantitative estimate of drug-likeness (QED) is 0.308. The molecular weight excluding hydrogens is 470 g/mol. The van der Waals surface area contributed by atoms with Crippen LogP contribution in [0.3, 0.4) is 0 Å². The Morgan fingerprint density at radius 1 is 0.946 bits per heavy atom. The Bertz CT molecular complexity index is 1380. The number of fused-ring (bicyclic) bond motifs is 1. The second-order valence-electron chi connectivity index (χ2n) is 8.81. The molecule has 190 valence electrons. The Morgan fingerprint density at radius 3 is 2.30 bits per heavy atom. The summed E-state index contributed by atoms with van der Waals surface area (Å²) in [6.45, 7) is 0. The summed E-state index contributed by atoms with van der Waals surface area (Å²) < 4.78 is 5.16. The minimum absolute atomic E-state index is 0.0965. The number of carbonyl (C=O) groups excluding carboxylic acids is 2. The molecule has 37 heavy (non-hydrogen) atoms. The van der Waals surface area contributed by atoms with E-state index >= 15 is 0 Å². The predicted octanol–water partition coefficient (Wildman–Crippen LogP) is 3.67. The number of ether oxygens (including phenoxy) is 1. The summed E-state index contributed by atoms with van der Waals surface area (Å²) in [7, 11) is 3.09. The van der Waals surface area contributed by atoms with Crippen LogP contribution in [0.15, 0.2) is 85.1 Å². The number of aromatic nitrogens is 1. The Kier molecular flexibility index (Phi) is 7.88. The van der Waals surface area contributed by atoms with Crippen molar-refractivity contribution in [1.29, 1.82) is 0 Å². The van der Waals surface area contributed by atoms with Crippen LogP contribution in [0.5, 0.6) is 5.75 Å². The van der Waals surface area contributed by atoms with Crippen molar-refractivity contribution < 1.29 is 24.2 Å². The van der Waals surface area contributed by atoms with Crippen LogP contribution >= 0.6 is 0 Å². The fraction of sp³-hybridized carbons (Fsp3) is 0.207. The van der Waals surface area contributed by atoms with Gasteiger partial charge in [-0.25, -0.2) is 4.79 Å². The van der Waals surface area contributed by atoms with Crippen LogP contribution in [-0.2, 0) is 22.4 Å². The number of aliphatic carboxylic acids is 1. The molecule has 2 atom stereocenters. The zero-order valence-electron chi connectivity index (χ0n) is 20.7. The van der Waals surface area contributed by atoms with Crippen molar-refractivity contribution in [3.8, 4) is 5.75 Å². The van der Waals surface area contributed by atoms with Crippen molar-refractivity contribution in [2.75, 3.05) is 14.2 Å². The lowest BCUT2D eigenvalue weighted by molar-refractivity contribution is -0.142. The minimum atomic E-state index is -1.17. The average molecular weight is 500 g/mol. The molecule has 0 fully saturated rings. The van der Waals surface area contributed by atoms with Crippen molar-refractivity contribution >= 4 is 28.7 Å². The van der Waals surface area contributed by atoms with Gasteiger partial charge in [0.25, 0.3) is 5.91 Å². The second-order valence-corrected chi connectivity index (χ2v) is 8.81. The average Bonchev–Trinajstić information content (AvgIpc) is 3.33. The Labute approximate surface area is 214 Å². The van der Waals surface area contributed by atoms with E-state index in [1.165, 1.54) is 4.90 Å². The van der Waals surface area contributed by atoms with Crippen LogP contribution in [-0.4, -0.2) is 59.0 Å². The van der Waals surface area contributed by atoms with E-state index in [2.05, 4.69) is 10.3 Å². The molecule has 2 amide bonds. The summed E-state index contributed by atoms with van der Waals surface area (Å²) >= 11 is 0. The van der Waals surface area contributed by atoms with Gasteiger partial charge in [0.05, 0.1) is 7.11 Å². The fourth-order valence-corrected chi connectivity index (χ4v) is 4.31. The number of carboxylic acid groups (broad SMARTS) is 1. The number of amides is 2. The summed E-state index contributed by atoms with van der Waals surface area (Å²) in [6, 6.07) is 21.4. The van der Waals surface area contributed by atoms with Gasteiger partial charge in [-0.3, -0.25) is 9.59 Å². The highest BCUT2D eigenvalue weighted by molar-refractivity contribution is 5.98. The van der Waals surface area contributed by atoms with Crippen molar-refractivity contribution in [1.82, 2.24) is 15.2 Å². The van der Waals surface area contributed by atoms with E-state index < -0.39 is 24.0 Å². The number of rotatable bonds is 10. The zero-order valence-corrected chi connectivity index (χ0v) is 20.7. The molecule has 0 aliphatic heterocycles. The van der Waals surface area contributed by atoms with Crippen molar-refractivity contribution in [3.63, 3.8) is 0 Å². The van der Waals surface area contributed by atoms with Gasteiger partial charge in [-0.1, -0.05) is 48.5 Å². The Hall–Kier alpha value is -4.59. The number of H-pyrrole nitrogens is 1. The van der Waals surface area contributed by atoms with Crippen LogP contribution < -0.4 is 10.1 Å². The summed E-state index contributed by atoms with van der Waals surface area (Å²) in [6.07, 6.45) is 2.08. The molecule has 8 heteroatoms. The molecule has 0 unspecified atom stereocenters. The fourth-order valence-electron chi connectivity index (χ4n) is 4.31. The molecule has 0 aliphatic carbocycles. The molecule has 1 heterocycles. The third-order valence-corrected chi connectivity index (χ3v) is 6.41. The first-order chi connectivity index (χ1) is 17.9. The zero-order chi connectivity index (χ0) is 26.4. The van der Waals surface area contributed by atoms with Crippen molar-refractivity contribution in [2.45, 2.75) is 24.9 Å². The second kappa shape index (κ2) is 11.4. The molecule has 1 aromatic heterocycles. The van der Waals surface area contributed by atoms with Gasteiger partial charge in [0.2, 0.25) is 5.91 Å². The number of nitrogens with one attached hydrogen (secondary N) is 2. The van der Waals surface area contributed by atoms with E-state index in [1.54, 1.807) is 44.6 Å². The normalized spacial score (nSPS) is 12.5. The first-order valence-electron chi connectivity index (χ1n) is 11.9. The third kappa shape index (κ3) is 5.98. The van der Waals surface area contributed by atoms with Crippen molar-refractivity contribution in [3.05, 3.63) is 102 Å². The molecule has 4 rings (SSSR count). The monoisotopic (exact) mass is 499 g/mol. The first-order valence-corrected chi connectivity index (χ1v) is 11.9. The van der Waals surface area contributed by atoms with E-state index in [-0.39, 0.29) is 18.7 Å². The Balaban J connectivity index is 1.57. The number of hydrogen-bond donors (Lipinski definition) is 3. The molecule has 0 aliphatic rings. The Morgan fingerprint density at radius 2 is 1.62 bits per heavy atom. The van der Waals surface area contributed by atoms with E-state index in [1.807, 2.05) is 54.6 Å². The van der Waals surface area contributed by atoms with Gasteiger partial charge in [0.1, 0.15) is 17.8 Å². The van der Waals surface area contributed by atoms with Gasteiger partial charge in [0, 0.05) is 42.6 Å². The molecule has 3 aromatic carbocycles. The molecular formula is C29H29N3O5. The van der Waals surface area contributed by atoms with Gasteiger partial charge in [-0.2, -0.15) is 0 Å². The van der Waals surface area contributed by atoms with Crippen LogP contribution in [0.25, 0.3) is 10.9 Å². The summed E-state index contributed by atoms with van der Waals surface area (Å²) in [5, 5.41) is 13.5. The highest BCUT2D eigenvalue weighted by atomic mass is 16.5. The molecule has 0 saturated carbocycles. The van der Waals surface area contributed by atoms with E-state index in [0.29, 0.717) is 11.3 Å². The topological polar surface area (TPSA) is 112 Å². The molecule has 4 aromatic rings.